The van der Waals surface area contributed by atoms with Crippen molar-refractivity contribution in [3.8, 4) is 0 Å². The van der Waals surface area contributed by atoms with Crippen molar-refractivity contribution in [2.45, 2.75) is 13.0 Å². The summed E-state index contributed by atoms with van der Waals surface area (Å²) in [5.41, 5.74) is 15.4. The van der Waals surface area contributed by atoms with Crippen LogP contribution in [0.1, 0.15) is 12.5 Å². The highest BCUT2D eigenvalue weighted by atomic mass is 14.9. The van der Waals surface area contributed by atoms with Crippen molar-refractivity contribution < 1.29 is 4.79 Å². The predicted molar refractivity (Wildman–Crippen MR) is 46.7 cm³/mol. The SMILES string of the molecule is CC(N)C(=[N+]=[N-])c1[c]cccc1. The number of hydrogen-bond acceptors (Lipinski definition) is 1. The van der Waals surface area contributed by atoms with E-state index >= 15 is 0 Å². The van der Waals surface area contributed by atoms with Crippen LogP contribution in [-0.4, -0.2) is 16.5 Å². The molecular weight excluding hydrogens is 150 g/mol. The molecule has 0 aliphatic rings. The average Bonchev–Trinajstić information content (AvgIpc) is 2.07. The molecule has 1 aromatic rings. The summed E-state index contributed by atoms with van der Waals surface area (Å²) < 4.78 is 0. The molecule has 0 heterocycles. The minimum Gasteiger partial charge on any atom is -0.361 e. The maximum absolute atomic E-state index is 8.64. The van der Waals surface area contributed by atoms with Gasteiger partial charge in [0.1, 0.15) is 6.04 Å². The fourth-order valence-electron chi connectivity index (χ4n) is 0.943. The third kappa shape index (κ3) is 1.78. The highest BCUT2D eigenvalue weighted by Crippen LogP contribution is 1.99. The molecule has 1 radical (unpaired) electrons. The van der Waals surface area contributed by atoms with Crippen LogP contribution in [0.3, 0.4) is 0 Å². The van der Waals surface area contributed by atoms with Crippen LogP contribution in [0.4, 0.5) is 0 Å². The molecule has 1 aromatic carbocycles. The maximum atomic E-state index is 8.64. The molecule has 0 aromatic heterocycles. The Hall–Kier alpha value is -1.44. The van der Waals surface area contributed by atoms with E-state index < -0.39 is 0 Å². The lowest BCUT2D eigenvalue weighted by molar-refractivity contribution is -0.00798. The molecule has 1 rings (SSSR count). The maximum Gasteiger partial charge on any atom is 0.315 e. The van der Waals surface area contributed by atoms with Crippen molar-refractivity contribution in [1.29, 1.82) is 0 Å². The quantitative estimate of drug-likeness (QED) is 0.389. The molecule has 0 bridgehead atoms. The van der Waals surface area contributed by atoms with E-state index in [1.54, 1.807) is 19.1 Å². The van der Waals surface area contributed by atoms with Crippen LogP contribution in [0.25, 0.3) is 5.53 Å². The monoisotopic (exact) mass is 160 g/mol. The summed E-state index contributed by atoms with van der Waals surface area (Å²) in [4.78, 5) is 3.12. The second kappa shape index (κ2) is 3.81. The second-order valence-corrected chi connectivity index (χ2v) is 2.55. The van der Waals surface area contributed by atoms with Gasteiger partial charge in [0.2, 0.25) is 0 Å². The normalized spacial score (nSPS) is 11.8. The summed E-state index contributed by atoms with van der Waals surface area (Å²) in [7, 11) is 0. The van der Waals surface area contributed by atoms with E-state index in [9.17, 15) is 0 Å². The van der Waals surface area contributed by atoms with E-state index in [4.69, 9.17) is 11.3 Å². The first kappa shape index (κ1) is 8.65. The standard InChI is InChI=1S/C9H10N3/c1-7(10)9(12-11)8-5-3-2-4-6-8/h2-5,7H,10H2,1H3. The molecular formula is C9H10N3. The van der Waals surface area contributed by atoms with Crippen LogP contribution in [-0.2, 0) is 0 Å². The third-order valence-corrected chi connectivity index (χ3v) is 1.52. The number of benzene rings is 1. The molecule has 0 saturated carbocycles. The highest BCUT2D eigenvalue weighted by molar-refractivity contribution is 5.99. The molecule has 1 unspecified atom stereocenters. The Morgan fingerprint density at radius 1 is 1.67 bits per heavy atom. The highest BCUT2D eigenvalue weighted by Gasteiger charge is 2.16. The van der Waals surface area contributed by atoms with Crippen LogP contribution in [0, 0.1) is 6.07 Å². The first-order valence-electron chi connectivity index (χ1n) is 3.70. The van der Waals surface area contributed by atoms with Crippen molar-refractivity contribution in [1.82, 2.24) is 0 Å². The van der Waals surface area contributed by atoms with E-state index in [1.807, 2.05) is 12.1 Å². The van der Waals surface area contributed by atoms with Gasteiger partial charge in [-0.1, -0.05) is 18.2 Å². The second-order valence-electron chi connectivity index (χ2n) is 2.55. The largest absolute Gasteiger partial charge is 0.361 e. The van der Waals surface area contributed by atoms with Crippen molar-refractivity contribution in [3.63, 3.8) is 0 Å². The van der Waals surface area contributed by atoms with Crippen LogP contribution in [0.2, 0.25) is 0 Å². The molecule has 61 valence electrons. The molecule has 12 heavy (non-hydrogen) atoms. The van der Waals surface area contributed by atoms with Crippen LogP contribution < -0.4 is 5.73 Å². The van der Waals surface area contributed by atoms with Crippen LogP contribution in [0.15, 0.2) is 24.3 Å². The molecule has 0 saturated heterocycles. The molecule has 0 amide bonds. The zero-order chi connectivity index (χ0) is 8.97. The number of nitrogens with zero attached hydrogens (tertiary/aromatic N) is 2. The zero-order valence-corrected chi connectivity index (χ0v) is 6.86. The van der Waals surface area contributed by atoms with Crippen LogP contribution >= 0.6 is 0 Å². The lowest BCUT2D eigenvalue weighted by Crippen LogP contribution is -2.28. The van der Waals surface area contributed by atoms with Gasteiger partial charge in [-0.15, -0.1) is 0 Å². The Bertz CT molecular complexity index is 297. The number of hydrogen-bond donors (Lipinski definition) is 1. The summed E-state index contributed by atoms with van der Waals surface area (Å²) >= 11 is 0. The minimum atomic E-state index is -0.284. The lowest BCUT2D eigenvalue weighted by atomic mass is 10.1. The summed E-state index contributed by atoms with van der Waals surface area (Å²) in [6, 6.07) is 9.90. The molecule has 2 N–H and O–H groups in total. The van der Waals surface area contributed by atoms with Gasteiger partial charge in [-0.2, -0.15) is 4.79 Å². The molecule has 0 aliphatic carbocycles. The van der Waals surface area contributed by atoms with Gasteiger partial charge in [0.25, 0.3) is 0 Å². The van der Waals surface area contributed by atoms with Gasteiger partial charge in [-0.05, 0) is 19.1 Å². The first-order valence-corrected chi connectivity index (χ1v) is 3.70. The molecule has 1 atom stereocenters. The molecule has 0 fully saturated rings. The molecule has 0 aliphatic heterocycles. The van der Waals surface area contributed by atoms with E-state index in [0.29, 0.717) is 5.71 Å². The van der Waals surface area contributed by atoms with Gasteiger partial charge in [0.15, 0.2) is 0 Å². The van der Waals surface area contributed by atoms with Gasteiger partial charge >= 0.3 is 5.71 Å². The fraction of sp³-hybridized carbons (Fsp3) is 0.222. The Balaban J connectivity index is 3.06. The number of rotatable bonds is 2. The van der Waals surface area contributed by atoms with Gasteiger partial charge in [0.05, 0.1) is 5.56 Å². The number of nitrogens with two attached hydrogens (primary N) is 1. The molecule has 3 heteroatoms. The smallest absolute Gasteiger partial charge is 0.315 e. The summed E-state index contributed by atoms with van der Waals surface area (Å²) in [6.45, 7) is 1.76. The molecule has 0 spiro atoms. The minimum absolute atomic E-state index is 0.284. The Labute approximate surface area is 71.4 Å². The third-order valence-electron chi connectivity index (χ3n) is 1.52. The Morgan fingerprint density at radius 3 is 2.83 bits per heavy atom. The van der Waals surface area contributed by atoms with Crippen molar-refractivity contribution >= 4 is 5.71 Å². The average molecular weight is 160 g/mol. The van der Waals surface area contributed by atoms with Crippen molar-refractivity contribution in [2.75, 3.05) is 0 Å². The van der Waals surface area contributed by atoms with Gasteiger partial charge in [-0.3, -0.25) is 0 Å². The molecule has 3 nitrogen and oxygen atoms in total. The van der Waals surface area contributed by atoms with E-state index in [2.05, 4.69) is 10.9 Å². The lowest BCUT2D eigenvalue weighted by Gasteiger charge is -1.97. The van der Waals surface area contributed by atoms with E-state index in [1.165, 1.54) is 0 Å². The predicted octanol–water partition coefficient (Wildman–Crippen LogP) is 0.853. The first-order chi connectivity index (χ1) is 5.75. The van der Waals surface area contributed by atoms with Gasteiger partial charge in [0, 0.05) is 0 Å². The summed E-state index contributed by atoms with van der Waals surface area (Å²) in [6.07, 6.45) is 0. The van der Waals surface area contributed by atoms with Crippen molar-refractivity contribution in [2.24, 2.45) is 5.73 Å². The van der Waals surface area contributed by atoms with Crippen molar-refractivity contribution in [3.05, 3.63) is 41.4 Å². The topological polar surface area (TPSA) is 62.4 Å². The fourth-order valence-corrected chi connectivity index (χ4v) is 0.943. The van der Waals surface area contributed by atoms with Gasteiger partial charge in [-0.25, -0.2) is 0 Å². The summed E-state index contributed by atoms with van der Waals surface area (Å²) in [5, 5.41) is 0. The van der Waals surface area contributed by atoms with Crippen LogP contribution in [0.5, 0.6) is 0 Å². The zero-order valence-electron chi connectivity index (χ0n) is 6.86. The van der Waals surface area contributed by atoms with E-state index in [-0.39, 0.29) is 6.04 Å². The Kier molecular flexibility index (Phi) is 2.75. The summed E-state index contributed by atoms with van der Waals surface area (Å²) in [5.74, 6) is 0. The Morgan fingerprint density at radius 2 is 2.42 bits per heavy atom. The van der Waals surface area contributed by atoms with E-state index in [0.717, 1.165) is 5.56 Å². The van der Waals surface area contributed by atoms with Gasteiger partial charge < -0.3 is 11.3 Å².